The summed E-state index contributed by atoms with van der Waals surface area (Å²) in [7, 11) is 1.93. The van der Waals surface area contributed by atoms with E-state index < -0.39 is 5.60 Å². The number of guanidine groups is 1. The minimum atomic E-state index is -0.668. The molecule has 0 bridgehead atoms. The Kier molecular flexibility index (Phi) is 8.97. The number of nitrogens with zero attached hydrogens (tertiary/aromatic N) is 2. The molecule has 1 aromatic rings. The summed E-state index contributed by atoms with van der Waals surface area (Å²) in [5.41, 5.74) is 0.230. The topological polar surface area (TPSA) is 47.9 Å². The SMILES string of the molecule is CCNC(=NCC1(O)CCCCC1)N(C)Cc1cccc(F)c1.I. The van der Waals surface area contributed by atoms with Crippen molar-refractivity contribution in [3.63, 3.8) is 0 Å². The lowest BCUT2D eigenvalue weighted by atomic mass is 9.85. The summed E-state index contributed by atoms with van der Waals surface area (Å²) < 4.78 is 13.3. The Labute approximate surface area is 161 Å². The molecule has 0 heterocycles. The van der Waals surface area contributed by atoms with Gasteiger partial charge in [-0.05, 0) is 37.5 Å². The van der Waals surface area contributed by atoms with Gasteiger partial charge in [0.2, 0.25) is 0 Å². The van der Waals surface area contributed by atoms with Gasteiger partial charge in [-0.25, -0.2) is 4.39 Å². The molecule has 2 rings (SSSR count). The first-order valence-corrected chi connectivity index (χ1v) is 8.49. The summed E-state index contributed by atoms with van der Waals surface area (Å²) in [6.07, 6.45) is 4.99. The molecule has 0 spiro atoms. The largest absolute Gasteiger partial charge is 0.388 e. The van der Waals surface area contributed by atoms with E-state index in [0.717, 1.165) is 43.8 Å². The van der Waals surface area contributed by atoms with Crippen molar-refractivity contribution in [2.75, 3.05) is 20.1 Å². The zero-order valence-corrected chi connectivity index (χ0v) is 16.9. The minimum Gasteiger partial charge on any atom is -0.388 e. The Balaban J connectivity index is 0.00000288. The van der Waals surface area contributed by atoms with E-state index >= 15 is 0 Å². The maximum Gasteiger partial charge on any atom is 0.194 e. The number of hydrogen-bond acceptors (Lipinski definition) is 2. The van der Waals surface area contributed by atoms with Crippen LogP contribution in [0.5, 0.6) is 0 Å². The summed E-state index contributed by atoms with van der Waals surface area (Å²) in [6, 6.07) is 6.60. The van der Waals surface area contributed by atoms with Gasteiger partial charge in [-0.1, -0.05) is 31.4 Å². The first-order chi connectivity index (χ1) is 11.0. The average Bonchev–Trinajstić information content (AvgIpc) is 2.52. The second kappa shape index (κ2) is 10.2. The Morgan fingerprint density at radius 2 is 2.04 bits per heavy atom. The number of aliphatic imine (C=N–C) groups is 1. The van der Waals surface area contributed by atoms with Crippen LogP contribution in [0.4, 0.5) is 4.39 Å². The number of aliphatic hydroxyl groups is 1. The lowest BCUT2D eigenvalue weighted by Crippen LogP contribution is -2.41. The van der Waals surface area contributed by atoms with Crippen molar-refractivity contribution < 1.29 is 9.50 Å². The number of benzene rings is 1. The molecule has 0 amide bonds. The summed E-state index contributed by atoms with van der Waals surface area (Å²) in [5.74, 6) is 0.519. The van der Waals surface area contributed by atoms with Crippen LogP contribution in [0.2, 0.25) is 0 Å². The second-order valence-electron chi connectivity index (χ2n) is 6.44. The molecule has 4 nitrogen and oxygen atoms in total. The van der Waals surface area contributed by atoms with E-state index in [1.807, 2.05) is 24.9 Å². The van der Waals surface area contributed by atoms with Crippen LogP contribution >= 0.6 is 24.0 Å². The fourth-order valence-electron chi connectivity index (χ4n) is 3.04. The molecule has 1 fully saturated rings. The predicted octanol–water partition coefficient (Wildman–Crippen LogP) is 3.54. The standard InChI is InChI=1S/C18H28FN3O.HI/c1-3-20-17(21-14-18(23)10-5-4-6-11-18)22(2)13-15-8-7-9-16(19)12-15;/h7-9,12,23H,3-6,10-11,13-14H2,1-2H3,(H,20,21);1H. The molecule has 1 aromatic carbocycles. The number of nitrogens with one attached hydrogen (secondary N) is 1. The van der Waals surface area contributed by atoms with Gasteiger partial charge in [-0.15, -0.1) is 24.0 Å². The highest BCUT2D eigenvalue weighted by Gasteiger charge is 2.29. The Morgan fingerprint density at radius 1 is 1.33 bits per heavy atom. The summed E-state index contributed by atoms with van der Waals surface area (Å²) in [5, 5.41) is 13.8. The lowest BCUT2D eigenvalue weighted by molar-refractivity contribution is 0.0130. The number of hydrogen-bond donors (Lipinski definition) is 2. The van der Waals surface area contributed by atoms with Crippen molar-refractivity contribution in [3.05, 3.63) is 35.6 Å². The number of halogens is 2. The Morgan fingerprint density at radius 3 is 2.67 bits per heavy atom. The van der Waals surface area contributed by atoms with Gasteiger partial charge in [0.25, 0.3) is 0 Å². The molecule has 1 aliphatic rings. The summed E-state index contributed by atoms with van der Waals surface area (Å²) in [4.78, 5) is 6.58. The molecule has 0 saturated heterocycles. The fourth-order valence-corrected chi connectivity index (χ4v) is 3.04. The van der Waals surface area contributed by atoms with Crippen LogP contribution in [0.1, 0.15) is 44.6 Å². The second-order valence-corrected chi connectivity index (χ2v) is 6.44. The van der Waals surface area contributed by atoms with Gasteiger partial charge >= 0.3 is 0 Å². The van der Waals surface area contributed by atoms with Crippen molar-refractivity contribution in [1.82, 2.24) is 10.2 Å². The van der Waals surface area contributed by atoms with E-state index in [2.05, 4.69) is 10.3 Å². The van der Waals surface area contributed by atoms with Crippen molar-refractivity contribution in [1.29, 1.82) is 0 Å². The molecule has 0 aromatic heterocycles. The molecule has 24 heavy (non-hydrogen) atoms. The van der Waals surface area contributed by atoms with Crippen LogP contribution in [0.3, 0.4) is 0 Å². The molecule has 0 radical (unpaired) electrons. The smallest absolute Gasteiger partial charge is 0.194 e. The van der Waals surface area contributed by atoms with Gasteiger partial charge in [0.05, 0.1) is 12.1 Å². The third kappa shape index (κ3) is 6.55. The zero-order valence-electron chi connectivity index (χ0n) is 14.6. The van der Waals surface area contributed by atoms with Gasteiger partial charge in [0.1, 0.15) is 5.82 Å². The summed E-state index contributed by atoms with van der Waals surface area (Å²) >= 11 is 0. The summed E-state index contributed by atoms with van der Waals surface area (Å²) in [6.45, 7) is 3.76. The Hall–Kier alpha value is -0.890. The van der Waals surface area contributed by atoms with Gasteiger partial charge in [0.15, 0.2) is 5.96 Å². The van der Waals surface area contributed by atoms with Crippen molar-refractivity contribution in [3.8, 4) is 0 Å². The van der Waals surface area contributed by atoms with Crippen LogP contribution in [0.25, 0.3) is 0 Å². The van der Waals surface area contributed by atoms with Crippen molar-refractivity contribution >= 4 is 29.9 Å². The quantitative estimate of drug-likeness (QED) is 0.411. The molecule has 0 atom stereocenters. The van der Waals surface area contributed by atoms with Gasteiger partial charge in [-0.3, -0.25) is 4.99 Å². The minimum absolute atomic E-state index is 0. The third-order valence-corrected chi connectivity index (χ3v) is 4.31. The zero-order chi connectivity index (χ0) is 16.7. The molecule has 1 aliphatic carbocycles. The van der Waals surface area contributed by atoms with Crippen LogP contribution in [-0.4, -0.2) is 41.7 Å². The molecule has 2 N–H and O–H groups in total. The normalized spacial score (nSPS) is 17.1. The average molecular weight is 449 g/mol. The highest BCUT2D eigenvalue weighted by Crippen LogP contribution is 2.28. The molecule has 1 saturated carbocycles. The molecule has 0 aliphatic heterocycles. The first-order valence-electron chi connectivity index (χ1n) is 8.49. The highest BCUT2D eigenvalue weighted by molar-refractivity contribution is 14.0. The van der Waals surface area contributed by atoms with Gasteiger partial charge < -0.3 is 15.3 Å². The van der Waals surface area contributed by atoms with Crippen molar-refractivity contribution in [2.45, 2.75) is 51.2 Å². The molecule has 0 unspecified atom stereocenters. The van der Waals surface area contributed by atoms with Crippen LogP contribution in [-0.2, 0) is 6.54 Å². The van der Waals surface area contributed by atoms with Crippen LogP contribution in [0, 0.1) is 5.82 Å². The van der Waals surface area contributed by atoms with Crippen LogP contribution < -0.4 is 5.32 Å². The Bertz CT molecular complexity index is 533. The van der Waals surface area contributed by atoms with Crippen molar-refractivity contribution in [2.24, 2.45) is 4.99 Å². The van der Waals surface area contributed by atoms with Gasteiger partial charge in [0, 0.05) is 20.1 Å². The molecule has 136 valence electrons. The third-order valence-electron chi connectivity index (χ3n) is 4.31. The monoisotopic (exact) mass is 449 g/mol. The molecule has 6 heteroatoms. The maximum absolute atomic E-state index is 13.3. The molecular formula is C18H29FIN3O. The van der Waals surface area contributed by atoms with Gasteiger partial charge in [-0.2, -0.15) is 0 Å². The number of rotatable bonds is 5. The highest BCUT2D eigenvalue weighted by atomic mass is 127. The lowest BCUT2D eigenvalue weighted by Gasteiger charge is -2.31. The van der Waals surface area contributed by atoms with E-state index in [1.54, 1.807) is 6.07 Å². The van der Waals surface area contributed by atoms with E-state index in [0.29, 0.717) is 13.1 Å². The maximum atomic E-state index is 13.3. The predicted molar refractivity (Wildman–Crippen MR) is 107 cm³/mol. The van der Waals surface area contributed by atoms with E-state index in [-0.39, 0.29) is 29.8 Å². The fraction of sp³-hybridized carbons (Fsp3) is 0.611. The van der Waals surface area contributed by atoms with E-state index in [1.165, 1.54) is 18.6 Å². The van der Waals surface area contributed by atoms with E-state index in [4.69, 9.17) is 0 Å². The van der Waals surface area contributed by atoms with E-state index in [9.17, 15) is 9.50 Å². The first kappa shape index (κ1) is 21.2. The molecular weight excluding hydrogens is 420 g/mol. The van der Waals surface area contributed by atoms with Crippen LogP contribution in [0.15, 0.2) is 29.3 Å².